The van der Waals surface area contributed by atoms with Gasteiger partial charge in [-0.3, -0.25) is 4.79 Å². The van der Waals surface area contributed by atoms with Gasteiger partial charge in [-0.25, -0.2) is 4.79 Å². The van der Waals surface area contributed by atoms with Crippen molar-refractivity contribution in [1.82, 2.24) is 0 Å². The molecule has 0 unspecified atom stereocenters. The molecule has 0 heterocycles. The van der Waals surface area contributed by atoms with Gasteiger partial charge in [0.1, 0.15) is 5.56 Å². The van der Waals surface area contributed by atoms with Crippen LogP contribution in [0, 0.1) is 0 Å². The summed E-state index contributed by atoms with van der Waals surface area (Å²) in [6.07, 6.45) is 0. The van der Waals surface area contributed by atoms with Crippen molar-refractivity contribution in [3.05, 3.63) is 34.0 Å². The van der Waals surface area contributed by atoms with Crippen LogP contribution in [0.3, 0.4) is 0 Å². The summed E-state index contributed by atoms with van der Waals surface area (Å²) >= 11 is 0. The molecule has 0 saturated heterocycles. The molecule has 98 valence electrons. The highest BCUT2D eigenvalue weighted by Gasteiger charge is 2.18. The van der Waals surface area contributed by atoms with Gasteiger partial charge in [-0.05, 0) is 17.5 Å². The van der Waals surface area contributed by atoms with E-state index < -0.39 is 45.3 Å². The van der Waals surface area contributed by atoms with Crippen molar-refractivity contribution in [2.75, 3.05) is 0 Å². The number of hydrogen-bond acceptors (Lipinski definition) is 6. The van der Waals surface area contributed by atoms with Crippen molar-refractivity contribution in [2.45, 2.75) is 0 Å². The number of carbonyl (C=O) groups is 1. The molecule has 7 heteroatoms. The molecule has 0 aliphatic carbocycles. The van der Waals surface area contributed by atoms with Crippen LogP contribution in [0.25, 0.3) is 10.8 Å². The minimum absolute atomic E-state index is 0.0272. The van der Waals surface area contributed by atoms with E-state index in [1.165, 1.54) is 0 Å². The third kappa shape index (κ3) is 1.77. The zero-order chi connectivity index (χ0) is 14.3. The predicted octanol–water partition coefficient (Wildman–Crippen LogP) is 0.721. The monoisotopic (exact) mass is 264 g/mol. The van der Waals surface area contributed by atoms with E-state index in [0.29, 0.717) is 0 Å². The van der Waals surface area contributed by atoms with Gasteiger partial charge in [0.25, 0.3) is 0 Å². The number of fused-ring (bicyclic) bond motifs is 1. The first-order valence-corrected chi connectivity index (χ1v) is 5.01. The number of aromatic carboxylic acids is 1. The summed E-state index contributed by atoms with van der Waals surface area (Å²) in [5.74, 6) is -5.12. The fraction of sp³-hybridized carbons (Fsp3) is 0. The second-order valence-corrected chi connectivity index (χ2v) is 3.79. The minimum Gasteiger partial charge on any atom is -0.504 e. The molecule has 0 bridgehead atoms. The van der Waals surface area contributed by atoms with Crippen molar-refractivity contribution < 1.29 is 30.3 Å². The van der Waals surface area contributed by atoms with Crippen LogP contribution in [0.2, 0.25) is 0 Å². The lowest BCUT2D eigenvalue weighted by atomic mass is 10.1. The van der Waals surface area contributed by atoms with E-state index in [9.17, 15) is 30.0 Å². The van der Waals surface area contributed by atoms with Gasteiger partial charge in [-0.1, -0.05) is 6.07 Å². The number of phenolic OH excluding ortho intramolecular Hbond substituents is 3. The lowest BCUT2D eigenvalue weighted by Gasteiger charge is -2.02. The highest BCUT2D eigenvalue weighted by atomic mass is 16.4. The standard InChI is InChI=1S/C12H8O7/c13-6-3-4-1-2-5(12(18)19)8(14)10(16)7(4)11(17)9(6)15/h1-3,13,15,17H,(H,14,16)(H,18,19). The van der Waals surface area contributed by atoms with Gasteiger partial charge < -0.3 is 25.5 Å². The van der Waals surface area contributed by atoms with Crippen LogP contribution in [-0.4, -0.2) is 31.5 Å². The maximum absolute atomic E-state index is 11.9. The van der Waals surface area contributed by atoms with E-state index in [-0.39, 0.29) is 5.39 Å². The maximum Gasteiger partial charge on any atom is 0.339 e. The Bertz CT molecular complexity index is 764. The molecule has 0 fully saturated rings. The lowest BCUT2D eigenvalue weighted by molar-refractivity contribution is 0.0693. The average molecular weight is 264 g/mol. The van der Waals surface area contributed by atoms with Crippen LogP contribution >= 0.6 is 0 Å². The van der Waals surface area contributed by atoms with Crippen LogP contribution in [0.4, 0.5) is 0 Å². The van der Waals surface area contributed by atoms with Crippen LogP contribution < -0.4 is 5.43 Å². The summed E-state index contributed by atoms with van der Waals surface area (Å²) in [5, 5.41) is 46.2. The molecular weight excluding hydrogens is 256 g/mol. The molecule has 0 aliphatic rings. The van der Waals surface area contributed by atoms with Crippen LogP contribution in [0.15, 0.2) is 23.0 Å². The molecule has 0 aliphatic heterocycles. The van der Waals surface area contributed by atoms with Crippen molar-refractivity contribution in [3.63, 3.8) is 0 Å². The number of benzene rings is 1. The third-order valence-corrected chi connectivity index (χ3v) is 2.64. The quantitative estimate of drug-likeness (QED) is 0.479. The Morgan fingerprint density at radius 2 is 1.58 bits per heavy atom. The normalized spacial score (nSPS) is 10.5. The predicted molar refractivity (Wildman–Crippen MR) is 63.8 cm³/mol. The molecule has 19 heavy (non-hydrogen) atoms. The lowest BCUT2D eigenvalue weighted by Crippen LogP contribution is -2.03. The summed E-state index contributed by atoms with van der Waals surface area (Å²) in [7, 11) is 0. The number of hydrogen-bond donors (Lipinski definition) is 5. The van der Waals surface area contributed by atoms with Crippen LogP contribution in [0.5, 0.6) is 23.0 Å². The van der Waals surface area contributed by atoms with Crippen LogP contribution in [0.1, 0.15) is 10.4 Å². The largest absolute Gasteiger partial charge is 0.504 e. The first-order valence-electron chi connectivity index (χ1n) is 5.01. The molecule has 2 rings (SSSR count). The molecule has 2 aromatic carbocycles. The maximum atomic E-state index is 11.9. The molecule has 0 saturated carbocycles. The Hall–Kier alpha value is -2.96. The van der Waals surface area contributed by atoms with E-state index in [0.717, 1.165) is 18.2 Å². The number of rotatable bonds is 1. The zero-order valence-corrected chi connectivity index (χ0v) is 9.28. The Kier molecular flexibility index (Phi) is 2.67. The van der Waals surface area contributed by atoms with Gasteiger partial charge >= 0.3 is 5.97 Å². The number of phenols is 3. The zero-order valence-electron chi connectivity index (χ0n) is 9.28. The topological polar surface area (TPSA) is 135 Å². The first kappa shape index (κ1) is 12.5. The molecule has 2 aromatic rings. The summed E-state index contributed by atoms with van der Waals surface area (Å²) < 4.78 is 0. The van der Waals surface area contributed by atoms with Crippen molar-refractivity contribution in [1.29, 1.82) is 0 Å². The van der Waals surface area contributed by atoms with Gasteiger partial charge in [-0.2, -0.15) is 0 Å². The van der Waals surface area contributed by atoms with Crippen molar-refractivity contribution >= 4 is 16.7 Å². The van der Waals surface area contributed by atoms with Gasteiger partial charge in [0, 0.05) is 0 Å². The highest BCUT2D eigenvalue weighted by molar-refractivity contribution is 5.97. The highest BCUT2D eigenvalue weighted by Crippen LogP contribution is 2.39. The second-order valence-electron chi connectivity index (χ2n) is 3.79. The van der Waals surface area contributed by atoms with Crippen LogP contribution in [-0.2, 0) is 0 Å². The molecule has 0 aromatic heterocycles. The molecule has 0 radical (unpaired) electrons. The molecule has 0 amide bonds. The second kappa shape index (κ2) is 4.05. The average Bonchev–Trinajstić information content (AvgIpc) is 2.46. The first-order chi connectivity index (χ1) is 8.84. The Morgan fingerprint density at radius 1 is 0.947 bits per heavy atom. The molecular formula is C12H8O7. The van der Waals surface area contributed by atoms with Crippen molar-refractivity contribution in [3.8, 4) is 23.0 Å². The van der Waals surface area contributed by atoms with E-state index in [1.807, 2.05) is 0 Å². The van der Waals surface area contributed by atoms with Gasteiger partial charge in [-0.15, -0.1) is 0 Å². The fourth-order valence-corrected chi connectivity index (χ4v) is 1.70. The summed E-state index contributed by atoms with van der Waals surface area (Å²) in [5.41, 5.74) is -1.82. The van der Waals surface area contributed by atoms with Gasteiger partial charge in [0.15, 0.2) is 17.2 Å². The van der Waals surface area contributed by atoms with E-state index in [4.69, 9.17) is 5.11 Å². The molecule has 7 nitrogen and oxygen atoms in total. The molecule has 0 spiro atoms. The summed E-state index contributed by atoms with van der Waals surface area (Å²) in [6.45, 7) is 0. The number of carboxylic acids is 1. The Labute approximate surface area is 105 Å². The third-order valence-electron chi connectivity index (χ3n) is 2.64. The Morgan fingerprint density at radius 3 is 2.16 bits per heavy atom. The summed E-state index contributed by atoms with van der Waals surface area (Å²) in [4.78, 5) is 22.7. The smallest absolute Gasteiger partial charge is 0.339 e. The number of carboxylic acid groups (broad SMARTS) is 1. The number of aromatic hydroxyl groups is 4. The van der Waals surface area contributed by atoms with Crippen molar-refractivity contribution in [2.24, 2.45) is 0 Å². The fourth-order valence-electron chi connectivity index (χ4n) is 1.70. The van der Waals surface area contributed by atoms with E-state index >= 15 is 0 Å². The van der Waals surface area contributed by atoms with E-state index in [1.54, 1.807) is 0 Å². The molecule has 5 N–H and O–H groups in total. The van der Waals surface area contributed by atoms with Gasteiger partial charge in [0.2, 0.25) is 11.2 Å². The molecule has 0 atom stereocenters. The summed E-state index contributed by atoms with van der Waals surface area (Å²) in [6, 6.07) is 3.05. The van der Waals surface area contributed by atoms with E-state index in [2.05, 4.69) is 0 Å². The Balaban J connectivity index is 3.11. The SMILES string of the molecule is O=C(O)c1ccc2cc(O)c(O)c(O)c2c(=O)c1O. The minimum atomic E-state index is -1.53. The van der Waals surface area contributed by atoms with Gasteiger partial charge in [0.05, 0.1) is 5.39 Å².